The number of halogens is 4. The molecule has 1 amide bonds. The molecule has 47 heavy (non-hydrogen) atoms. The number of sulfonamides is 1. The SMILES string of the molecule is CCC(C)(Nc1nc(Nc2ccc(S(=O)(=O)NC(=O)C3(CN4CCOCC4)CC3)cc2)nc(OCC(F)(F)F)n1)c1ccc(Cl)cc1. The Labute approximate surface area is 275 Å². The maximum atomic E-state index is 13.1. The summed E-state index contributed by atoms with van der Waals surface area (Å²) in [6.45, 7) is 5.14. The lowest BCUT2D eigenvalue weighted by Gasteiger charge is -2.30. The highest BCUT2D eigenvalue weighted by molar-refractivity contribution is 7.90. The van der Waals surface area contributed by atoms with Crippen LogP contribution in [0.3, 0.4) is 0 Å². The second kappa shape index (κ2) is 13.8. The number of rotatable bonds is 13. The number of aromatic nitrogens is 3. The molecule has 1 saturated heterocycles. The van der Waals surface area contributed by atoms with Crippen molar-refractivity contribution in [2.45, 2.75) is 49.7 Å². The van der Waals surface area contributed by atoms with Crippen molar-refractivity contribution in [3.05, 3.63) is 59.1 Å². The van der Waals surface area contributed by atoms with E-state index >= 15 is 0 Å². The Hall–Kier alpha value is -3.73. The van der Waals surface area contributed by atoms with Crippen molar-refractivity contribution < 1.29 is 35.9 Å². The largest absolute Gasteiger partial charge is 0.454 e. The predicted octanol–water partition coefficient (Wildman–Crippen LogP) is 4.86. The number of alkyl halides is 3. The van der Waals surface area contributed by atoms with Crippen LogP contribution in [-0.4, -0.2) is 79.8 Å². The molecule has 1 aliphatic heterocycles. The normalized spacial score (nSPS) is 17.7. The average molecular weight is 698 g/mol. The number of amides is 1. The number of anilines is 3. The minimum Gasteiger partial charge on any atom is -0.454 e. The van der Waals surface area contributed by atoms with Crippen molar-refractivity contribution in [3.63, 3.8) is 0 Å². The van der Waals surface area contributed by atoms with Crippen LogP contribution >= 0.6 is 11.6 Å². The van der Waals surface area contributed by atoms with Gasteiger partial charge in [0, 0.05) is 30.3 Å². The molecule has 1 saturated carbocycles. The monoisotopic (exact) mass is 697 g/mol. The van der Waals surface area contributed by atoms with Crippen LogP contribution < -0.4 is 20.1 Å². The first-order chi connectivity index (χ1) is 22.2. The van der Waals surface area contributed by atoms with Crippen LogP contribution in [0.1, 0.15) is 38.7 Å². The molecule has 5 rings (SSSR count). The van der Waals surface area contributed by atoms with Gasteiger partial charge in [-0.25, -0.2) is 13.1 Å². The minimum absolute atomic E-state index is 0.0630. The van der Waals surface area contributed by atoms with Crippen molar-refractivity contribution in [2.24, 2.45) is 5.41 Å². The zero-order chi connectivity index (χ0) is 33.9. The topological polar surface area (TPSA) is 148 Å². The molecule has 254 valence electrons. The summed E-state index contributed by atoms with van der Waals surface area (Å²) in [5, 5.41) is 6.55. The fraction of sp³-hybridized carbons (Fsp3) is 0.467. The van der Waals surface area contributed by atoms with Crippen LogP contribution in [0.2, 0.25) is 5.02 Å². The summed E-state index contributed by atoms with van der Waals surface area (Å²) in [6.07, 6.45) is -2.89. The molecule has 1 atom stereocenters. The highest BCUT2D eigenvalue weighted by Crippen LogP contribution is 2.47. The smallest absolute Gasteiger partial charge is 0.422 e. The fourth-order valence-corrected chi connectivity index (χ4v) is 6.24. The first-order valence-electron chi connectivity index (χ1n) is 14.9. The maximum Gasteiger partial charge on any atom is 0.422 e. The molecular formula is C30H35ClF3N7O5S. The summed E-state index contributed by atoms with van der Waals surface area (Å²) in [7, 11) is -4.18. The summed E-state index contributed by atoms with van der Waals surface area (Å²) in [6, 6.07) is 11.9. The van der Waals surface area contributed by atoms with Crippen molar-refractivity contribution >= 4 is 45.1 Å². The van der Waals surface area contributed by atoms with Gasteiger partial charge in [0.2, 0.25) is 17.8 Å². The molecule has 2 aromatic carbocycles. The molecule has 12 nitrogen and oxygen atoms in total. The highest BCUT2D eigenvalue weighted by Gasteiger charge is 2.52. The number of hydrogen-bond donors (Lipinski definition) is 3. The third kappa shape index (κ3) is 9.00. The van der Waals surface area contributed by atoms with Gasteiger partial charge < -0.3 is 20.1 Å². The van der Waals surface area contributed by atoms with Crippen molar-refractivity contribution in [3.8, 4) is 6.01 Å². The molecule has 1 unspecified atom stereocenters. The van der Waals surface area contributed by atoms with Crippen LogP contribution in [0.5, 0.6) is 6.01 Å². The zero-order valence-corrected chi connectivity index (χ0v) is 27.3. The van der Waals surface area contributed by atoms with E-state index in [1.165, 1.54) is 24.3 Å². The second-order valence-electron chi connectivity index (χ2n) is 11.7. The standard InChI is InChI=1S/C30H35ClF3N7O5S/c1-3-28(2,20-4-6-21(31)7-5-20)39-26-36-25(37-27(38-26)46-19-30(32,33)34)35-22-8-10-23(11-9-22)47(43,44)40-24(42)29(12-13-29)18-41-14-16-45-17-15-41/h4-11H,3,12-19H2,1-2H3,(H,40,42)(H2,35,36,37,38,39). The molecule has 17 heteroatoms. The summed E-state index contributed by atoms with van der Waals surface area (Å²) in [5.41, 5.74) is -0.346. The molecule has 1 aromatic heterocycles. The average Bonchev–Trinajstić information content (AvgIpc) is 3.81. The van der Waals surface area contributed by atoms with Gasteiger partial charge in [-0.1, -0.05) is 30.7 Å². The van der Waals surface area contributed by atoms with E-state index in [1.807, 2.05) is 26.0 Å². The van der Waals surface area contributed by atoms with Gasteiger partial charge >= 0.3 is 12.2 Å². The number of nitrogens with one attached hydrogen (secondary N) is 3. The number of morpholine rings is 1. The van der Waals surface area contributed by atoms with Crippen LogP contribution in [-0.2, 0) is 25.1 Å². The first-order valence-corrected chi connectivity index (χ1v) is 16.8. The Morgan fingerprint density at radius 1 is 1.02 bits per heavy atom. The Kier molecular flexibility index (Phi) is 10.1. The molecule has 0 spiro atoms. The van der Waals surface area contributed by atoms with Crippen LogP contribution in [0.15, 0.2) is 53.4 Å². The van der Waals surface area contributed by atoms with Gasteiger partial charge in [0.15, 0.2) is 6.61 Å². The van der Waals surface area contributed by atoms with Crippen LogP contribution in [0.4, 0.5) is 30.8 Å². The van der Waals surface area contributed by atoms with Gasteiger partial charge in [-0.3, -0.25) is 9.69 Å². The Balaban J connectivity index is 1.31. The van der Waals surface area contributed by atoms with E-state index in [-0.39, 0.29) is 16.8 Å². The Morgan fingerprint density at radius 2 is 1.66 bits per heavy atom. The van der Waals surface area contributed by atoms with Crippen molar-refractivity contribution in [1.29, 1.82) is 0 Å². The third-order valence-electron chi connectivity index (χ3n) is 8.17. The van der Waals surface area contributed by atoms with E-state index in [2.05, 4.69) is 35.2 Å². The van der Waals surface area contributed by atoms with E-state index in [4.69, 9.17) is 21.1 Å². The molecule has 0 bridgehead atoms. The third-order valence-corrected chi connectivity index (χ3v) is 9.77. The lowest BCUT2D eigenvalue weighted by molar-refractivity contribution is -0.154. The van der Waals surface area contributed by atoms with Crippen molar-refractivity contribution in [2.75, 3.05) is 50.1 Å². The molecule has 3 aromatic rings. The summed E-state index contributed by atoms with van der Waals surface area (Å²) >= 11 is 6.04. The zero-order valence-electron chi connectivity index (χ0n) is 25.7. The van der Waals surface area contributed by atoms with Crippen LogP contribution in [0, 0.1) is 5.41 Å². The number of benzene rings is 2. The molecule has 2 heterocycles. The van der Waals surface area contributed by atoms with Gasteiger partial charge in [-0.15, -0.1) is 0 Å². The molecule has 2 fully saturated rings. The molecule has 2 aliphatic rings. The maximum absolute atomic E-state index is 13.1. The van der Waals surface area contributed by atoms with E-state index in [1.54, 1.807) is 12.1 Å². The molecule has 1 aliphatic carbocycles. The number of carbonyl (C=O) groups is 1. The van der Waals surface area contributed by atoms with Gasteiger partial charge in [-0.2, -0.15) is 28.1 Å². The van der Waals surface area contributed by atoms with E-state index in [0.717, 1.165) is 5.56 Å². The number of hydrogen-bond acceptors (Lipinski definition) is 11. The van der Waals surface area contributed by atoms with E-state index in [0.29, 0.717) is 62.8 Å². The van der Waals surface area contributed by atoms with E-state index in [9.17, 15) is 26.4 Å². The van der Waals surface area contributed by atoms with E-state index < -0.39 is 45.7 Å². The molecular weight excluding hydrogens is 663 g/mol. The number of nitrogens with zero attached hydrogens (tertiary/aromatic N) is 4. The summed E-state index contributed by atoms with van der Waals surface area (Å²) < 4.78 is 77.4. The fourth-order valence-electron chi connectivity index (χ4n) is 5.04. The lowest BCUT2D eigenvalue weighted by Crippen LogP contribution is -2.46. The summed E-state index contributed by atoms with van der Waals surface area (Å²) in [4.78, 5) is 27.3. The predicted molar refractivity (Wildman–Crippen MR) is 168 cm³/mol. The molecule has 3 N–H and O–H groups in total. The van der Waals surface area contributed by atoms with Gasteiger partial charge in [0.1, 0.15) is 0 Å². The van der Waals surface area contributed by atoms with Crippen molar-refractivity contribution in [1.82, 2.24) is 24.6 Å². The highest BCUT2D eigenvalue weighted by atomic mass is 35.5. The lowest BCUT2D eigenvalue weighted by atomic mass is 9.89. The minimum atomic E-state index is -4.63. The second-order valence-corrected chi connectivity index (χ2v) is 13.9. The van der Waals surface area contributed by atoms with Gasteiger partial charge in [0.25, 0.3) is 10.0 Å². The van der Waals surface area contributed by atoms with Gasteiger partial charge in [0.05, 0.1) is 29.1 Å². The number of ether oxygens (including phenoxy) is 2. The number of carbonyl (C=O) groups excluding carboxylic acids is 1. The quantitative estimate of drug-likeness (QED) is 0.225. The summed E-state index contributed by atoms with van der Waals surface area (Å²) in [5.74, 6) is -0.760. The van der Waals surface area contributed by atoms with Crippen LogP contribution in [0.25, 0.3) is 0 Å². The Morgan fingerprint density at radius 3 is 2.26 bits per heavy atom. The first kappa shape index (κ1) is 34.6. The Bertz CT molecular complexity index is 1670. The molecule has 0 radical (unpaired) electrons. The van der Waals surface area contributed by atoms with Gasteiger partial charge in [-0.05, 0) is 68.1 Å².